The van der Waals surface area contributed by atoms with Crippen molar-refractivity contribution in [2.75, 3.05) is 0 Å². The molecule has 1 N–H and O–H groups in total. The second-order valence-electron chi connectivity index (χ2n) is 5.65. The fourth-order valence-electron chi connectivity index (χ4n) is 2.98. The van der Waals surface area contributed by atoms with Crippen LogP contribution in [0.4, 0.5) is 0 Å². The Hall–Kier alpha value is -2.20. The van der Waals surface area contributed by atoms with E-state index in [4.69, 9.17) is 0 Å². The lowest BCUT2D eigenvalue weighted by Gasteiger charge is -2.25. The molecule has 22 heavy (non-hydrogen) atoms. The third-order valence-electron chi connectivity index (χ3n) is 4.12. The van der Waals surface area contributed by atoms with Gasteiger partial charge >= 0.3 is 0 Å². The standard InChI is InChI=1S/C18H16N2OS/c21-18(17-11-13-4-1-2-6-16(13)22-17)20-14-7-8-15-12(10-14)5-3-9-19-15/h1-2,4,6-12,15H,3,5H2,(H,20,21). The number of carbonyl (C=O) groups excluding carboxylic acids is 1. The average Bonchev–Trinajstić information content (AvgIpc) is 2.99. The molecule has 1 aliphatic carbocycles. The molecule has 1 aliphatic heterocycles. The van der Waals surface area contributed by atoms with E-state index in [1.54, 1.807) is 0 Å². The predicted molar refractivity (Wildman–Crippen MR) is 91.5 cm³/mol. The Kier molecular flexibility index (Phi) is 3.39. The fraction of sp³-hybridized carbons (Fsp3) is 0.222. The van der Waals surface area contributed by atoms with Crippen molar-refractivity contribution in [1.82, 2.24) is 5.32 Å². The first-order valence-corrected chi connectivity index (χ1v) is 8.33. The highest BCUT2D eigenvalue weighted by Crippen LogP contribution is 2.27. The molecule has 2 aromatic rings. The van der Waals surface area contributed by atoms with Crippen molar-refractivity contribution in [2.24, 2.45) is 10.9 Å². The van der Waals surface area contributed by atoms with Crippen LogP contribution < -0.4 is 5.32 Å². The van der Waals surface area contributed by atoms with Gasteiger partial charge in [0.25, 0.3) is 5.91 Å². The summed E-state index contributed by atoms with van der Waals surface area (Å²) in [6.07, 6.45) is 10.3. The minimum Gasteiger partial charge on any atom is -0.322 e. The Balaban J connectivity index is 1.53. The summed E-state index contributed by atoms with van der Waals surface area (Å²) in [7, 11) is 0. The van der Waals surface area contributed by atoms with Gasteiger partial charge in [0.05, 0.1) is 10.9 Å². The first kappa shape index (κ1) is 13.5. The lowest BCUT2D eigenvalue weighted by Crippen LogP contribution is -2.27. The number of amides is 1. The van der Waals surface area contributed by atoms with E-state index in [2.05, 4.69) is 22.5 Å². The van der Waals surface area contributed by atoms with Crippen molar-refractivity contribution >= 4 is 33.5 Å². The van der Waals surface area contributed by atoms with Gasteiger partial charge in [-0.2, -0.15) is 0 Å². The number of hydrogen-bond donors (Lipinski definition) is 1. The second-order valence-corrected chi connectivity index (χ2v) is 6.73. The summed E-state index contributed by atoms with van der Waals surface area (Å²) in [5, 5.41) is 4.14. The van der Waals surface area contributed by atoms with Gasteiger partial charge in [-0.05, 0) is 42.7 Å². The Morgan fingerprint density at radius 3 is 3.14 bits per heavy atom. The summed E-state index contributed by atoms with van der Waals surface area (Å²) in [6, 6.07) is 10.3. The highest BCUT2D eigenvalue weighted by molar-refractivity contribution is 7.20. The van der Waals surface area contributed by atoms with Crippen LogP contribution in [0.5, 0.6) is 0 Å². The largest absolute Gasteiger partial charge is 0.322 e. The molecular formula is C18H16N2OS. The summed E-state index contributed by atoms with van der Waals surface area (Å²) < 4.78 is 1.14. The predicted octanol–water partition coefficient (Wildman–Crippen LogP) is 3.93. The Labute approximate surface area is 133 Å². The van der Waals surface area contributed by atoms with Gasteiger partial charge in [-0.25, -0.2) is 0 Å². The molecule has 1 aromatic carbocycles. The van der Waals surface area contributed by atoms with Gasteiger partial charge in [0, 0.05) is 16.3 Å². The van der Waals surface area contributed by atoms with Crippen LogP contribution >= 0.6 is 11.3 Å². The molecule has 0 fully saturated rings. The maximum Gasteiger partial charge on any atom is 0.265 e. The molecule has 110 valence electrons. The van der Waals surface area contributed by atoms with Crippen molar-refractivity contribution in [3.63, 3.8) is 0 Å². The van der Waals surface area contributed by atoms with E-state index in [1.807, 2.05) is 42.6 Å². The Morgan fingerprint density at radius 2 is 2.23 bits per heavy atom. The summed E-state index contributed by atoms with van der Waals surface area (Å²) in [4.78, 5) is 17.7. The van der Waals surface area contributed by atoms with Crippen molar-refractivity contribution < 1.29 is 4.79 Å². The van der Waals surface area contributed by atoms with Gasteiger partial charge in [-0.3, -0.25) is 9.79 Å². The monoisotopic (exact) mass is 308 g/mol. The quantitative estimate of drug-likeness (QED) is 0.897. The highest BCUT2D eigenvalue weighted by atomic mass is 32.1. The zero-order valence-corrected chi connectivity index (χ0v) is 12.8. The first-order valence-electron chi connectivity index (χ1n) is 7.51. The van der Waals surface area contributed by atoms with Crippen LogP contribution in [0.3, 0.4) is 0 Å². The molecular weight excluding hydrogens is 292 g/mol. The van der Waals surface area contributed by atoms with Crippen molar-refractivity contribution in [1.29, 1.82) is 0 Å². The van der Waals surface area contributed by atoms with Gasteiger partial charge in [-0.15, -0.1) is 11.3 Å². The van der Waals surface area contributed by atoms with Gasteiger partial charge in [-0.1, -0.05) is 30.4 Å². The molecule has 0 spiro atoms. The average molecular weight is 308 g/mol. The van der Waals surface area contributed by atoms with Gasteiger partial charge in [0.2, 0.25) is 0 Å². The minimum atomic E-state index is -0.0325. The molecule has 2 atom stereocenters. The number of nitrogens with one attached hydrogen (secondary N) is 1. The second kappa shape index (κ2) is 5.54. The number of thiophene rings is 1. The van der Waals surface area contributed by atoms with E-state index in [9.17, 15) is 4.79 Å². The summed E-state index contributed by atoms with van der Waals surface area (Å²) in [5.41, 5.74) is 0.890. The van der Waals surface area contributed by atoms with Crippen molar-refractivity contribution in [3.8, 4) is 0 Å². The maximum atomic E-state index is 12.4. The zero-order valence-electron chi connectivity index (χ0n) is 12.0. The summed E-state index contributed by atoms with van der Waals surface area (Å²) >= 11 is 1.53. The van der Waals surface area contributed by atoms with E-state index < -0.39 is 0 Å². The highest BCUT2D eigenvalue weighted by Gasteiger charge is 2.22. The van der Waals surface area contributed by atoms with Gasteiger partial charge in [0.1, 0.15) is 0 Å². The normalized spacial score (nSPS) is 23.2. The van der Waals surface area contributed by atoms with E-state index in [0.717, 1.165) is 33.5 Å². The Bertz CT molecular complexity index is 782. The maximum absolute atomic E-state index is 12.4. The number of carbonyl (C=O) groups is 1. The topological polar surface area (TPSA) is 41.5 Å². The van der Waals surface area contributed by atoms with Crippen LogP contribution in [0.25, 0.3) is 10.1 Å². The zero-order chi connectivity index (χ0) is 14.9. The molecule has 2 aliphatic rings. The molecule has 3 nitrogen and oxygen atoms in total. The number of rotatable bonds is 2. The van der Waals surface area contributed by atoms with Crippen molar-refractivity contribution in [3.05, 3.63) is 59.1 Å². The summed E-state index contributed by atoms with van der Waals surface area (Å²) in [6.45, 7) is 0. The SMILES string of the molecule is O=C(NC1=CC2CCC=NC2C=C1)c1cc2ccccc2s1. The molecule has 1 aromatic heterocycles. The van der Waals surface area contributed by atoms with E-state index in [-0.39, 0.29) is 11.9 Å². The van der Waals surface area contributed by atoms with Crippen molar-refractivity contribution in [2.45, 2.75) is 18.9 Å². The number of allylic oxidation sites excluding steroid dienone is 1. The molecule has 4 rings (SSSR count). The fourth-order valence-corrected chi connectivity index (χ4v) is 3.94. The number of fused-ring (bicyclic) bond motifs is 2. The molecule has 1 amide bonds. The van der Waals surface area contributed by atoms with Gasteiger partial charge < -0.3 is 5.32 Å². The number of benzene rings is 1. The van der Waals surface area contributed by atoms with Crippen LogP contribution in [-0.4, -0.2) is 18.2 Å². The lowest BCUT2D eigenvalue weighted by atomic mass is 9.88. The number of nitrogens with zero attached hydrogens (tertiary/aromatic N) is 1. The lowest BCUT2D eigenvalue weighted by molar-refractivity contribution is 0.0970. The van der Waals surface area contributed by atoms with Crippen LogP contribution in [0.1, 0.15) is 22.5 Å². The molecule has 0 saturated heterocycles. The van der Waals surface area contributed by atoms with E-state index in [1.165, 1.54) is 11.3 Å². The molecule has 4 heteroatoms. The van der Waals surface area contributed by atoms with Crippen LogP contribution in [0.2, 0.25) is 0 Å². The van der Waals surface area contributed by atoms with Gasteiger partial charge in [0.15, 0.2) is 0 Å². The third kappa shape index (κ3) is 2.50. The van der Waals surface area contributed by atoms with Crippen LogP contribution in [0, 0.1) is 5.92 Å². The minimum absolute atomic E-state index is 0.0325. The molecule has 0 radical (unpaired) electrons. The molecule has 0 bridgehead atoms. The number of aliphatic imine (C=N–C) groups is 1. The van der Waals surface area contributed by atoms with E-state index in [0.29, 0.717) is 5.92 Å². The molecule has 0 saturated carbocycles. The first-order chi connectivity index (χ1) is 10.8. The molecule has 2 unspecified atom stereocenters. The van der Waals surface area contributed by atoms with E-state index >= 15 is 0 Å². The third-order valence-corrected chi connectivity index (χ3v) is 5.23. The van der Waals surface area contributed by atoms with Crippen LogP contribution in [0.15, 0.2) is 59.2 Å². The summed E-state index contributed by atoms with van der Waals surface area (Å²) in [5.74, 6) is 0.377. The number of hydrogen-bond acceptors (Lipinski definition) is 3. The smallest absolute Gasteiger partial charge is 0.265 e. The molecule has 2 heterocycles. The van der Waals surface area contributed by atoms with Crippen LogP contribution in [-0.2, 0) is 0 Å². The Morgan fingerprint density at radius 1 is 1.32 bits per heavy atom.